The van der Waals surface area contributed by atoms with Gasteiger partial charge >= 0.3 is 132 Å². The number of rotatable bonds is 13. The SMILES string of the molecule is CCCCCC/C=C/C=C(\CCCC)[Te]CCCC. The van der Waals surface area contributed by atoms with Crippen molar-refractivity contribution in [2.24, 2.45) is 0 Å². The molecule has 0 N–H and O–H groups in total. The van der Waals surface area contributed by atoms with Crippen molar-refractivity contribution >= 4 is 20.9 Å². The first-order valence-corrected chi connectivity index (χ1v) is 11.1. The molecule has 0 aromatic heterocycles. The molecule has 0 aromatic rings. The third-order valence-electron chi connectivity index (χ3n) is 3.20. The molecule has 0 aliphatic heterocycles. The van der Waals surface area contributed by atoms with Crippen molar-refractivity contribution in [2.45, 2.75) is 89.4 Å². The van der Waals surface area contributed by atoms with Crippen molar-refractivity contribution in [3.05, 3.63) is 21.8 Å². The molecule has 0 radical (unpaired) electrons. The molecule has 112 valence electrons. The summed E-state index contributed by atoms with van der Waals surface area (Å²) in [6.07, 6.45) is 20.8. The zero-order valence-electron chi connectivity index (χ0n) is 13.4. The van der Waals surface area contributed by atoms with Gasteiger partial charge in [-0.25, -0.2) is 0 Å². The molecule has 0 aliphatic carbocycles. The van der Waals surface area contributed by atoms with Crippen molar-refractivity contribution in [1.29, 1.82) is 0 Å². The summed E-state index contributed by atoms with van der Waals surface area (Å²) in [6.45, 7) is 6.88. The van der Waals surface area contributed by atoms with Gasteiger partial charge in [0.15, 0.2) is 0 Å². The van der Waals surface area contributed by atoms with E-state index in [1.54, 1.807) is 3.62 Å². The van der Waals surface area contributed by atoms with Crippen LogP contribution < -0.4 is 0 Å². The Hall–Kier alpha value is 0.270. The van der Waals surface area contributed by atoms with Crippen LogP contribution in [0.3, 0.4) is 0 Å². The van der Waals surface area contributed by atoms with E-state index in [4.69, 9.17) is 0 Å². The van der Waals surface area contributed by atoms with E-state index in [0.717, 1.165) is 0 Å². The van der Waals surface area contributed by atoms with Crippen LogP contribution in [0.25, 0.3) is 0 Å². The van der Waals surface area contributed by atoms with Crippen LogP contribution >= 0.6 is 0 Å². The monoisotopic (exact) mass is 380 g/mol. The van der Waals surface area contributed by atoms with Gasteiger partial charge in [-0.2, -0.15) is 0 Å². The van der Waals surface area contributed by atoms with Gasteiger partial charge in [-0.3, -0.25) is 0 Å². The fourth-order valence-electron chi connectivity index (χ4n) is 1.86. The van der Waals surface area contributed by atoms with E-state index in [0.29, 0.717) is 0 Å². The van der Waals surface area contributed by atoms with Crippen LogP contribution in [-0.2, 0) is 0 Å². The Labute approximate surface area is 132 Å². The molecule has 0 heterocycles. The minimum atomic E-state index is 0.137. The zero-order chi connectivity index (χ0) is 14.2. The van der Waals surface area contributed by atoms with Gasteiger partial charge in [0.2, 0.25) is 0 Å². The summed E-state index contributed by atoms with van der Waals surface area (Å²) in [5, 5.41) is 0. The number of allylic oxidation sites excluding steroid dienone is 4. The normalized spacial score (nSPS) is 12.5. The van der Waals surface area contributed by atoms with E-state index in [-0.39, 0.29) is 20.9 Å². The predicted octanol–water partition coefficient (Wildman–Crippen LogP) is 6.51. The van der Waals surface area contributed by atoms with Crippen LogP contribution in [0.2, 0.25) is 4.47 Å². The molecule has 0 aromatic carbocycles. The second-order valence-electron chi connectivity index (χ2n) is 5.22. The molecule has 0 unspecified atom stereocenters. The van der Waals surface area contributed by atoms with Crippen LogP contribution in [0.4, 0.5) is 0 Å². The minimum absolute atomic E-state index is 0.137. The Morgan fingerprint density at radius 3 is 2.26 bits per heavy atom. The Kier molecular flexibility index (Phi) is 16.6. The zero-order valence-corrected chi connectivity index (χ0v) is 15.7. The van der Waals surface area contributed by atoms with Gasteiger partial charge in [0.05, 0.1) is 0 Å². The molecule has 0 fully saturated rings. The van der Waals surface area contributed by atoms with Crippen molar-refractivity contribution in [3.8, 4) is 0 Å². The van der Waals surface area contributed by atoms with Crippen LogP contribution in [0, 0.1) is 0 Å². The molecule has 0 aliphatic rings. The van der Waals surface area contributed by atoms with Gasteiger partial charge in [-0.15, -0.1) is 0 Å². The van der Waals surface area contributed by atoms with E-state index in [1.165, 1.54) is 68.7 Å². The fourth-order valence-corrected chi connectivity index (χ4v) is 5.17. The summed E-state index contributed by atoms with van der Waals surface area (Å²) >= 11 is 0.137. The number of hydrogen-bond donors (Lipinski definition) is 0. The maximum absolute atomic E-state index is 2.45. The van der Waals surface area contributed by atoms with Crippen LogP contribution in [-0.4, -0.2) is 20.9 Å². The number of unbranched alkanes of at least 4 members (excludes halogenated alkanes) is 6. The van der Waals surface area contributed by atoms with Crippen molar-refractivity contribution in [2.75, 3.05) is 0 Å². The van der Waals surface area contributed by atoms with Crippen LogP contribution in [0.5, 0.6) is 0 Å². The Morgan fingerprint density at radius 1 is 0.842 bits per heavy atom. The first kappa shape index (κ1) is 19.3. The van der Waals surface area contributed by atoms with E-state index in [9.17, 15) is 0 Å². The molecule has 0 amide bonds. The van der Waals surface area contributed by atoms with Gasteiger partial charge in [-0.05, 0) is 0 Å². The molecule has 19 heavy (non-hydrogen) atoms. The summed E-state index contributed by atoms with van der Waals surface area (Å²) in [7, 11) is 0. The van der Waals surface area contributed by atoms with Crippen molar-refractivity contribution in [1.82, 2.24) is 0 Å². The molecule has 0 saturated carbocycles. The quantitative estimate of drug-likeness (QED) is 0.195. The van der Waals surface area contributed by atoms with Gasteiger partial charge in [0.1, 0.15) is 0 Å². The van der Waals surface area contributed by atoms with E-state index in [1.807, 2.05) is 0 Å². The van der Waals surface area contributed by atoms with Gasteiger partial charge in [0, 0.05) is 0 Å². The van der Waals surface area contributed by atoms with E-state index < -0.39 is 0 Å². The van der Waals surface area contributed by atoms with E-state index in [2.05, 4.69) is 39.0 Å². The maximum atomic E-state index is 2.45. The average molecular weight is 378 g/mol. The van der Waals surface area contributed by atoms with E-state index >= 15 is 0 Å². The third-order valence-corrected chi connectivity index (χ3v) is 6.64. The first-order chi connectivity index (χ1) is 9.35. The van der Waals surface area contributed by atoms with Gasteiger partial charge < -0.3 is 0 Å². The van der Waals surface area contributed by atoms with Crippen molar-refractivity contribution < 1.29 is 0 Å². The predicted molar refractivity (Wildman–Crippen MR) is 91.0 cm³/mol. The van der Waals surface area contributed by atoms with Gasteiger partial charge in [-0.1, -0.05) is 0 Å². The molecular weight excluding hydrogens is 344 g/mol. The first-order valence-electron chi connectivity index (χ1n) is 8.33. The summed E-state index contributed by atoms with van der Waals surface area (Å²) in [6, 6.07) is 0. The topological polar surface area (TPSA) is 0 Å². The van der Waals surface area contributed by atoms with Gasteiger partial charge in [0.25, 0.3) is 0 Å². The molecule has 0 rings (SSSR count). The standard InChI is InChI=1S/C18H34Te/c1-4-7-10-11-12-13-14-16-18(15-8-5-2)19-17-9-6-3/h13-14,16H,4-12,15,17H2,1-3H3/b14-13+,18-16+. The second kappa shape index (κ2) is 16.3. The third kappa shape index (κ3) is 14.5. The molecule has 0 atom stereocenters. The fraction of sp³-hybridized carbons (Fsp3) is 0.778. The second-order valence-corrected chi connectivity index (χ2v) is 8.70. The summed E-state index contributed by atoms with van der Waals surface area (Å²) in [4.78, 5) is 0. The van der Waals surface area contributed by atoms with Crippen molar-refractivity contribution in [3.63, 3.8) is 0 Å². The summed E-state index contributed by atoms with van der Waals surface area (Å²) < 4.78 is 3.30. The summed E-state index contributed by atoms with van der Waals surface area (Å²) in [5.74, 6) is 0. The molecule has 0 nitrogen and oxygen atoms in total. The van der Waals surface area contributed by atoms with Crippen LogP contribution in [0.1, 0.15) is 85.0 Å². The Morgan fingerprint density at radius 2 is 1.58 bits per heavy atom. The Bertz CT molecular complexity index is 228. The average Bonchev–Trinajstić information content (AvgIpc) is 2.43. The molecule has 0 bridgehead atoms. The molecular formula is C18H34Te. The molecule has 0 saturated heterocycles. The Balaban J connectivity index is 3.88. The molecule has 1 heteroatoms. The van der Waals surface area contributed by atoms with Crippen LogP contribution in [0.15, 0.2) is 21.8 Å². The molecule has 0 spiro atoms. The summed E-state index contributed by atoms with van der Waals surface area (Å²) in [5.41, 5.74) is 0. The number of hydrogen-bond acceptors (Lipinski definition) is 0.